The van der Waals surface area contributed by atoms with Gasteiger partial charge in [0, 0.05) is 31.7 Å². The molecule has 1 saturated heterocycles. The van der Waals surface area contributed by atoms with Gasteiger partial charge in [-0.1, -0.05) is 12.1 Å². The first-order valence-electron chi connectivity index (χ1n) is 7.22. The number of nitrogens with zero attached hydrogens (tertiary/aromatic N) is 1. The number of ether oxygens (including phenoxy) is 1. The first kappa shape index (κ1) is 13.8. The Labute approximate surface area is 117 Å². The molecular weight excluding hydrogens is 262 g/mol. The van der Waals surface area contributed by atoms with E-state index in [1.807, 2.05) is 12.1 Å². The average molecular weight is 282 g/mol. The number of hydrogen-bond donors (Lipinski definition) is 1. The van der Waals surface area contributed by atoms with Crippen LogP contribution in [0.15, 0.2) is 24.3 Å². The molecule has 20 heavy (non-hydrogen) atoms. The lowest BCUT2D eigenvalue weighted by atomic mass is 10.2. The summed E-state index contributed by atoms with van der Waals surface area (Å²) in [6, 6.07) is 8.24. The largest absolute Gasteiger partial charge is 0.435 e. The second-order valence-corrected chi connectivity index (χ2v) is 5.62. The summed E-state index contributed by atoms with van der Waals surface area (Å²) >= 11 is 0. The van der Waals surface area contributed by atoms with E-state index in [1.165, 1.54) is 25.8 Å². The number of rotatable bonds is 6. The predicted octanol–water partition coefficient (Wildman–Crippen LogP) is 2.61. The van der Waals surface area contributed by atoms with E-state index in [2.05, 4.69) is 15.0 Å². The minimum absolute atomic E-state index is 0.213. The van der Waals surface area contributed by atoms with Crippen LogP contribution in [0.4, 0.5) is 8.78 Å². The lowest BCUT2D eigenvalue weighted by Gasteiger charge is -2.16. The van der Waals surface area contributed by atoms with Crippen molar-refractivity contribution in [3.05, 3.63) is 29.8 Å². The molecule has 1 heterocycles. The van der Waals surface area contributed by atoms with Crippen molar-refractivity contribution in [1.29, 1.82) is 0 Å². The average Bonchev–Trinajstić information content (AvgIpc) is 3.17. The van der Waals surface area contributed by atoms with E-state index in [0.29, 0.717) is 6.04 Å². The maximum absolute atomic E-state index is 12.0. The second-order valence-electron chi connectivity index (χ2n) is 5.62. The molecule has 0 bridgehead atoms. The van der Waals surface area contributed by atoms with E-state index < -0.39 is 6.61 Å². The van der Waals surface area contributed by atoms with Gasteiger partial charge in [0.2, 0.25) is 0 Å². The van der Waals surface area contributed by atoms with Crippen LogP contribution in [0.3, 0.4) is 0 Å². The topological polar surface area (TPSA) is 24.5 Å². The van der Waals surface area contributed by atoms with Crippen LogP contribution < -0.4 is 10.1 Å². The van der Waals surface area contributed by atoms with Crippen LogP contribution in [-0.4, -0.2) is 36.7 Å². The Morgan fingerprint density at radius 3 is 2.60 bits per heavy atom. The molecule has 0 aromatic heterocycles. The molecule has 3 rings (SSSR count). The number of hydrogen-bond acceptors (Lipinski definition) is 3. The quantitative estimate of drug-likeness (QED) is 0.868. The minimum atomic E-state index is -2.76. The smallest absolute Gasteiger partial charge is 0.387 e. The molecule has 1 aliphatic carbocycles. The molecule has 0 unspecified atom stereocenters. The van der Waals surface area contributed by atoms with Gasteiger partial charge in [-0.2, -0.15) is 8.78 Å². The minimum Gasteiger partial charge on any atom is -0.435 e. The third-order valence-electron chi connectivity index (χ3n) is 4.03. The van der Waals surface area contributed by atoms with Crippen LogP contribution in [-0.2, 0) is 6.54 Å². The summed E-state index contributed by atoms with van der Waals surface area (Å²) in [5.41, 5.74) is 1.09. The van der Waals surface area contributed by atoms with Crippen molar-refractivity contribution < 1.29 is 13.5 Å². The van der Waals surface area contributed by atoms with Crippen molar-refractivity contribution in [2.24, 2.45) is 0 Å². The molecule has 1 aromatic rings. The zero-order valence-electron chi connectivity index (χ0n) is 11.4. The van der Waals surface area contributed by atoms with E-state index in [0.717, 1.165) is 24.7 Å². The van der Waals surface area contributed by atoms with Crippen LogP contribution in [0.5, 0.6) is 5.75 Å². The molecule has 0 spiro atoms. The van der Waals surface area contributed by atoms with E-state index >= 15 is 0 Å². The first-order valence-corrected chi connectivity index (χ1v) is 7.22. The third-order valence-corrected chi connectivity index (χ3v) is 4.03. The molecule has 5 heteroatoms. The van der Waals surface area contributed by atoms with Crippen molar-refractivity contribution in [1.82, 2.24) is 10.2 Å². The summed E-state index contributed by atoms with van der Waals surface area (Å²) < 4.78 is 28.4. The summed E-state index contributed by atoms with van der Waals surface area (Å²) in [6.45, 7) is 0.352. The standard InChI is InChI=1S/C15H20F2N2O/c16-15(17)20-14-5-1-11(2-6-14)9-18-12-7-8-19(10-12)13-3-4-13/h1-2,5-6,12-13,15,18H,3-4,7-10H2/t12-/m1/s1. The fourth-order valence-corrected chi connectivity index (χ4v) is 2.78. The van der Waals surface area contributed by atoms with Gasteiger partial charge in [-0.3, -0.25) is 4.90 Å². The monoisotopic (exact) mass is 282 g/mol. The van der Waals surface area contributed by atoms with Gasteiger partial charge in [0.15, 0.2) is 0 Å². The molecular formula is C15H20F2N2O. The summed E-state index contributed by atoms with van der Waals surface area (Å²) in [5.74, 6) is 0.213. The van der Waals surface area contributed by atoms with Gasteiger partial charge >= 0.3 is 6.61 Å². The van der Waals surface area contributed by atoms with Crippen molar-refractivity contribution in [3.63, 3.8) is 0 Å². The molecule has 2 aliphatic rings. The third kappa shape index (κ3) is 3.67. The van der Waals surface area contributed by atoms with Crippen LogP contribution in [0.1, 0.15) is 24.8 Å². The normalized spacial score (nSPS) is 23.4. The lowest BCUT2D eigenvalue weighted by Crippen LogP contribution is -2.32. The molecule has 1 saturated carbocycles. The summed E-state index contributed by atoms with van der Waals surface area (Å²) in [6.07, 6.45) is 3.92. The Kier molecular flexibility index (Phi) is 4.17. The molecule has 1 atom stereocenters. The fourth-order valence-electron chi connectivity index (χ4n) is 2.78. The second kappa shape index (κ2) is 6.06. The number of likely N-dealkylation sites (tertiary alicyclic amines) is 1. The van der Waals surface area contributed by atoms with Crippen LogP contribution >= 0.6 is 0 Å². The van der Waals surface area contributed by atoms with Gasteiger partial charge < -0.3 is 10.1 Å². The van der Waals surface area contributed by atoms with Crippen molar-refractivity contribution in [2.45, 2.75) is 44.5 Å². The summed E-state index contributed by atoms with van der Waals surface area (Å²) in [7, 11) is 0. The van der Waals surface area contributed by atoms with Gasteiger partial charge in [-0.25, -0.2) is 0 Å². The number of benzene rings is 1. The SMILES string of the molecule is FC(F)Oc1ccc(CN[C@@H]2CCN(C3CC3)C2)cc1. The Morgan fingerprint density at radius 2 is 1.95 bits per heavy atom. The number of halogens is 2. The van der Waals surface area contributed by atoms with Crippen LogP contribution in [0, 0.1) is 0 Å². The molecule has 2 fully saturated rings. The highest BCUT2D eigenvalue weighted by atomic mass is 19.3. The molecule has 110 valence electrons. The highest BCUT2D eigenvalue weighted by Crippen LogP contribution is 2.29. The maximum Gasteiger partial charge on any atom is 0.387 e. The Hall–Kier alpha value is -1.20. The first-order chi connectivity index (χ1) is 9.70. The van der Waals surface area contributed by atoms with Gasteiger partial charge in [-0.05, 0) is 37.0 Å². The van der Waals surface area contributed by atoms with Gasteiger partial charge in [0.1, 0.15) is 5.75 Å². The lowest BCUT2D eigenvalue weighted by molar-refractivity contribution is -0.0498. The number of nitrogens with one attached hydrogen (secondary N) is 1. The zero-order chi connectivity index (χ0) is 13.9. The van der Waals surface area contributed by atoms with Gasteiger partial charge in [0.25, 0.3) is 0 Å². The predicted molar refractivity (Wildman–Crippen MR) is 72.9 cm³/mol. The fraction of sp³-hybridized carbons (Fsp3) is 0.600. The van der Waals surface area contributed by atoms with Gasteiger partial charge in [0.05, 0.1) is 0 Å². The highest BCUT2D eigenvalue weighted by Gasteiger charge is 2.33. The van der Waals surface area contributed by atoms with Crippen LogP contribution in [0.2, 0.25) is 0 Å². The molecule has 0 radical (unpaired) electrons. The molecule has 1 N–H and O–H groups in total. The maximum atomic E-state index is 12.0. The highest BCUT2D eigenvalue weighted by molar-refractivity contribution is 5.27. The van der Waals surface area contributed by atoms with Crippen LogP contribution in [0.25, 0.3) is 0 Å². The number of alkyl halides is 2. The zero-order valence-corrected chi connectivity index (χ0v) is 11.4. The summed E-state index contributed by atoms with van der Waals surface area (Å²) in [4.78, 5) is 2.57. The Bertz CT molecular complexity index is 434. The molecule has 1 aromatic carbocycles. The van der Waals surface area contributed by atoms with Crippen molar-refractivity contribution in [2.75, 3.05) is 13.1 Å². The van der Waals surface area contributed by atoms with E-state index in [-0.39, 0.29) is 5.75 Å². The molecule has 1 aliphatic heterocycles. The van der Waals surface area contributed by atoms with E-state index in [4.69, 9.17) is 0 Å². The van der Waals surface area contributed by atoms with Crippen molar-refractivity contribution in [3.8, 4) is 5.75 Å². The Balaban J connectivity index is 1.44. The van der Waals surface area contributed by atoms with Gasteiger partial charge in [-0.15, -0.1) is 0 Å². The van der Waals surface area contributed by atoms with Crippen molar-refractivity contribution >= 4 is 0 Å². The van der Waals surface area contributed by atoms with E-state index in [9.17, 15) is 8.78 Å². The molecule has 0 amide bonds. The molecule has 3 nitrogen and oxygen atoms in total. The summed E-state index contributed by atoms with van der Waals surface area (Å²) in [5, 5.41) is 3.54. The Morgan fingerprint density at radius 1 is 1.20 bits per heavy atom. The van der Waals surface area contributed by atoms with E-state index in [1.54, 1.807) is 12.1 Å².